The highest BCUT2D eigenvalue weighted by molar-refractivity contribution is 5.34. The fraction of sp³-hybridized carbons (Fsp3) is 0.222. The van der Waals surface area contributed by atoms with Crippen LogP contribution < -0.4 is 5.32 Å². The Bertz CT molecular complexity index is 741. The third-order valence-corrected chi connectivity index (χ3v) is 3.58. The molecule has 23 heavy (non-hydrogen) atoms. The first-order valence-electron chi connectivity index (χ1n) is 7.66. The van der Waals surface area contributed by atoms with Crippen LogP contribution in [-0.2, 0) is 19.4 Å². The Balaban J connectivity index is 1.52. The maximum atomic E-state index is 4.44. The van der Waals surface area contributed by atoms with E-state index in [9.17, 15) is 0 Å². The van der Waals surface area contributed by atoms with Crippen molar-refractivity contribution >= 4 is 5.82 Å². The largest absolute Gasteiger partial charge is 0.366 e. The van der Waals surface area contributed by atoms with Gasteiger partial charge in [0.1, 0.15) is 18.0 Å². The molecule has 2 heterocycles. The molecule has 3 rings (SSSR count). The quantitative estimate of drug-likeness (QED) is 0.758. The van der Waals surface area contributed by atoms with E-state index in [4.69, 9.17) is 0 Å². The monoisotopic (exact) mass is 305 g/mol. The summed E-state index contributed by atoms with van der Waals surface area (Å²) in [6.45, 7) is 2.67. The maximum Gasteiger partial charge on any atom is 0.129 e. The zero-order valence-corrected chi connectivity index (χ0v) is 13.1. The molecule has 2 aromatic heterocycles. The van der Waals surface area contributed by atoms with Gasteiger partial charge in [-0.3, -0.25) is 0 Å². The Labute approximate surface area is 135 Å². The van der Waals surface area contributed by atoms with Gasteiger partial charge in [0.2, 0.25) is 0 Å². The summed E-state index contributed by atoms with van der Waals surface area (Å²) in [7, 11) is 0. The molecule has 5 heteroatoms. The molecular weight excluding hydrogens is 286 g/mol. The lowest BCUT2D eigenvalue weighted by Crippen LogP contribution is -2.01. The lowest BCUT2D eigenvalue weighted by Gasteiger charge is -2.07. The number of anilines is 1. The maximum absolute atomic E-state index is 4.44. The number of rotatable bonds is 6. The van der Waals surface area contributed by atoms with Crippen molar-refractivity contribution in [3.05, 3.63) is 77.8 Å². The van der Waals surface area contributed by atoms with E-state index in [0.717, 1.165) is 36.7 Å². The lowest BCUT2D eigenvalue weighted by molar-refractivity contribution is 0.879. The minimum atomic E-state index is 0.752. The predicted octanol–water partition coefficient (Wildman–Crippen LogP) is 2.97. The second-order valence-corrected chi connectivity index (χ2v) is 5.36. The Morgan fingerprint density at radius 1 is 0.870 bits per heavy atom. The molecule has 0 unspecified atom stereocenters. The highest BCUT2D eigenvalue weighted by Gasteiger charge is 2.00. The molecule has 5 nitrogen and oxygen atoms in total. The summed E-state index contributed by atoms with van der Waals surface area (Å²) < 4.78 is 0. The molecule has 0 aliphatic carbocycles. The minimum Gasteiger partial charge on any atom is -0.366 e. The Morgan fingerprint density at radius 2 is 1.70 bits per heavy atom. The van der Waals surface area contributed by atoms with Crippen molar-refractivity contribution in [2.45, 2.75) is 26.3 Å². The summed E-state index contributed by atoms with van der Waals surface area (Å²) in [4.78, 5) is 16.6. The molecule has 116 valence electrons. The van der Waals surface area contributed by atoms with Crippen molar-refractivity contribution in [2.24, 2.45) is 0 Å². The van der Waals surface area contributed by atoms with Crippen LogP contribution in [0.2, 0.25) is 0 Å². The van der Waals surface area contributed by atoms with Crippen LogP contribution in [0.1, 0.15) is 22.6 Å². The smallest absolute Gasteiger partial charge is 0.129 e. The number of hydrogen-bond donors (Lipinski definition) is 1. The number of nitrogens with zero attached hydrogens (tertiary/aromatic N) is 4. The highest BCUT2D eigenvalue weighted by Crippen LogP contribution is 2.10. The summed E-state index contributed by atoms with van der Waals surface area (Å²) >= 11 is 0. The first kappa shape index (κ1) is 15.1. The van der Waals surface area contributed by atoms with Gasteiger partial charge in [0.25, 0.3) is 0 Å². The number of aryl methyl sites for hydroxylation is 3. The molecule has 3 aromatic rings. The minimum absolute atomic E-state index is 0.752. The molecule has 0 aliphatic rings. The highest BCUT2D eigenvalue weighted by atomic mass is 15.0. The first-order valence-corrected chi connectivity index (χ1v) is 7.66. The summed E-state index contributed by atoms with van der Waals surface area (Å²) in [5, 5.41) is 3.28. The molecule has 0 fully saturated rings. The topological polar surface area (TPSA) is 63.6 Å². The van der Waals surface area contributed by atoms with Crippen molar-refractivity contribution in [2.75, 3.05) is 5.32 Å². The van der Waals surface area contributed by atoms with Crippen molar-refractivity contribution in [3.63, 3.8) is 0 Å². The van der Waals surface area contributed by atoms with Gasteiger partial charge in [0.05, 0.1) is 0 Å². The Morgan fingerprint density at radius 3 is 2.43 bits per heavy atom. The van der Waals surface area contributed by atoms with Gasteiger partial charge in [0.15, 0.2) is 0 Å². The second-order valence-electron chi connectivity index (χ2n) is 5.36. The van der Waals surface area contributed by atoms with Crippen LogP contribution in [0.25, 0.3) is 0 Å². The summed E-state index contributed by atoms with van der Waals surface area (Å²) in [5.74, 6) is 1.66. The predicted molar refractivity (Wildman–Crippen MR) is 90.0 cm³/mol. The average Bonchev–Trinajstić information content (AvgIpc) is 2.60. The molecule has 0 radical (unpaired) electrons. The SMILES string of the molecule is Cc1nccc(CCc2ccc(CNc3ccncn3)cc2)n1. The average molecular weight is 305 g/mol. The van der Waals surface area contributed by atoms with E-state index in [1.165, 1.54) is 11.1 Å². The molecule has 0 atom stereocenters. The van der Waals surface area contributed by atoms with E-state index < -0.39 is 0 Å². The molecule has 1 N–H and O–H groups in total. The zero-order chi connectivity index (χ0) is 15.9. The van der Waals surface area contributed by atoms with E-state index >= 15 is 0 Å². The first-order chi connectivity index (χ1) is 11.3. The van der Waals surface area contributed by atoms with E-state index in [2.05, 4.69) is 49.5 Å². The fourth-order valence-corrected chi connectivity index (χ4v) is 2.33. The van der Waals surface area contributed by atoms with Crippen LogP contribution in [0.4, 0.5) is 5.82 Å². The lowest BCUT2D eigenvalue weighted by atomic mass is 10.1. The van der Waals surface area contributed by atoms with Gasteiger partial charge in [-0.1, -0.05) is 24.3 Å². The van der Waals surface area contributed by atoms with E-state index in [0.29, 0.717) is 0 Å². The van der Waals surface area contributed by atoms with Gasteiger partial charge < -0.3 is 5.32 Å². The summed E-state index contributed by atoms with van der Waals surface area (Å²) in [6, 6.07) is 12.5. The molecule has 0 saturated carbocycles. The van der Waals surface area contributed by atoms with Gasteiger partial charge in [0, 0.05) is 24.6 Å². The van der Waals surface area contributed by atoms with Gasteiger partial charge >= 0.3 is 0 Å². The number of nitrogens with one attached hydrogen (secondary N) is 1. The standard InChI is InChI=1S/C18H19N5/c1-14-20-11-8-17(23-14)7-6-15-2-4-16(5-3-15)12-21-18-9-10-19-13-22-18/h2-5,8-11,13H,6-7,12H2,1H3,(H,19,21,22). The molecule has 0 spiro atoms. The van der Waals surface area contributed by atoms with Gasteiger partial charge in [-0.2, -0.15) is 0 Å². The normalized spacial score (nSPS) is 10.5. The number of benzene rings is 1. The van der Waals surface area contributed by atoms with Crippen molar-refractivity contribution in [3.8, 4) is 0 Å². The third-order valence-electron chi connectivity index (χ3n) is 3.58. The second kappa shape index (κ2) is 7.45. The van der Waals surface area contributed by atoms with Crippen LogP contribution in [0.15, 0.2) is 55.1 Å². The van der Waals surface area contributed by atoms with E-state index in [-0.39, 0.29) is 0 Å². The number of hydrogen-bond acceptors (Lipinski definition) is 5. The van der Waals surface area contributed by atoms with Gasteiger partial charge in [-0.15, -0.1) is 0 Å². The summed E-state index contributed by atoms with van der Waals surface area (Å²) in [6.07, 6.45) is 7.01. The van der Waals surface area contributed by atoms with E-state index in [1.54, 1.807) is 12.5 Å². The third kappa shape index (κ3) is 4.57. The van der Waals surface area contributed by atoms with Crippen LogP contribution in [-0.4, -0.2) is 19.9 Å². The molecule has 0 saturated heterocycles. The van der Waals surface area contributed by atoms with Gasteiger partial charge in [-0.25, -0.2) is 19.9 Å². The molecular formula is C18H19N5. The molecule has 0 aliphatic heterocycles. The van der Waals surface area contributed by atoms with Crippen LogP contribution in [0.3, 0.4) is 0 Å². The van der Waals surface area contributed by atoms with Crippen LogP contribution in [0.5, 0.6) is 0 Å². The van der Waals surface area contributed by atoms with Crippen molar-refractivity contribution in [1.29, 1.82) is 0 Å². The van der Waals surface area contributed by atoms with E-state index in [1.807, 2.05) is 25.3 Å². The van der Waals surface area contributed by atoms with Crippen LogP contribution in [0, 0.1) is 6.92 Å². The fourth-order valence-electron chi connectivity index (χ4n) is 2.33. The Hall–Kier alpha value is -2.82. The van der Waals surface area contributed by atoms with Crippen LogP contribution >= 0.6 is 0 Å². The van der Waals surface area contributed by atoms with Gasteiger partial charge in [-0.05, 0) is 43.0 Å². The van der Waals surface area contributed by atoms with Crippen molar-refractivity contribution in [1.82, 2.24) is 19.9 Å². The summed E-state index contributed by atoms with van der Waals surface area (Å²) in [5.41, 5.74) is 3.63. The molecule has 1 aromatic carbocycles. The number of aromatic nitrogens is 4. The van der Waals surface area contributed by atoms with Crippen molar-refractivity contribution < 1.29 is 0 Å². The molecule has 0 amide bonds. The molecule has 0 bridgehead atoms. The zero-order valence-electron chi connectivity index (χ0n) is 13.1. The Kier molecular flexibility index (Phi) is 4.88.